The van der Waals surface area contributed by atoms with E-state index in [-0.39, 0.29) is 10.5 Å². The lowest BCUT2D eigenvalue weighted by atomic mass is 10.2. The van der Waals surface area contributed by atoms with E-state index in [1.54, 1.807) is 31.2 Å². The number of H-pyrrole nitrogens is 1. The highest BCUT2D eigenvalue weighted by Gasteiger charge is 2.31. The number of para-hydroxylation sites is 1. The molecule has 0 fully saturated rings. The molecule has 7 nitrogen and oxygen atoms in total. The molecule has 0 saturated heterocycles. The second-order valence-electron chi connectivity index (χ2n) is 6.53. The molecule has 0 spiro atoms. The van der Waals surface area contributed by atoms with Crippen molar-refractivity contribution in [1.29, 1.82) is 0 Å². The minimum absolute atomic E-state index is 0.0494. The van der Waals surface area contributed by atoms with E-state index in [4.69, 9.17) is 0 Å². The zero-order valence-corrected chi connectivity index (χ0v) is 16.8. The van der Waals surface area contributed by atoms with Gasteiger partial charge >= 0.3 is 6.18 Å². The van der Waals surface area contributed by atoms with E-state index in [2.05, 4.69) is 10.0 Å². The van der Waals surface area contributed by atoms with Gasteiger partial charge in [-0.3, -0.25) is 14.3 Å². The fraction of sp³-hybridized carbons (Fsp3) is 0.100. The SMILES string of the molecule is Cc1ccccc1NS(=O)(=O)c1ccc(C(=O)Nc2cc(C(F)(F)F)c[nH]c2=O)cc1. The van der Waals surface area contributed by atoms with E-state index in [1.807, 2.05) is 4.98 Å². The minimum atomic E-state index is -4.70. The smallest absolute Gasteiger partial charge is 0.327 e. The molecular weight excluding hydrogens is 435 g/mol. The topological polar surface area (TPSA) is 108 Å². The largest absolute Gasteiger partial charge is 0.417 e. The Bertz CT molecular complexity index is 1280. The number of carbonyl (C=O) groups is 1. The number of hydrogen-bond acceptors (Lipinski definition) is 4. The summed E-state index contributed by atoms with van der Waals surface area (Å²) in [5.41, 5.74) is -1.57. The van der Waals surface area contributed by atoms with Crippen molar-refractivity contribution in [3.05, 3.63) is 87.8 Å². The Morgan fingerprint density at radius 2 is 1.65 bits per heavy atom. The molecule has 31 heavy (non-hydrogen) atoms. The average Bonchev–Trinajstić information content (AvgIpc) is 2.70. The summed E-state index contributed by atoms with van der Waals surface area (Å²) in [5.74, 6) is -0.874. The molecule has 0 saturated carbocycles. The third-order valence-electron chi connectivity index (χ3n) is 4.29. The van der Waals surface area contributed by atoms with Crippen molar-refractivity contribution in [2.24, 2.45) is 0 Å². The predicted molar refractivity (Wildman–Crippen MR) is 108 cm³/mol. The zero-order chi connectivity index (χ0) is 22.8. The van der Waals surface area contributed by atoms with Gasteiger partial charge in [-0.15, -0.1) is 0 Å². The number of rotatable bonds is 5. The number of carbonyl (C=O) groups excluding carboxylic acids is 1. The first-order valence-corrected chi connectivity index (χ1v) is 10.3. The first-order chi connectivity index (χ1) is 14.5. The second kappa shape index (κ2) is 8.26. The first kappa shape index (κ1) is 22.1. The molecule has 1 aromatic heterocycles. The lowest BCUT2D eigenvalue weighted by molar-refractivity contribution is -0.137. The van der Waals surface area contributed by atoms with Crippen LogP contribution >= 0.6 is 0 Å². The molecule has 3 N–H and O–H groups in total. The number of alkyl halides is 3. The van der Waals surface area contributed by atoms with Crippen LogP contribution in [-0.2, 0) is 16.2 Å². The first-order valence-electron chi connectivity index (χ1n) is 8.77. The summed E-state index contributed by atoms with van der Waals surface area (Å²) < 4.78 is 65.9. The van der Waals surface area contributed by atoms with Crippen molar-refractivity contribution in [1.82, 2.24) is 4.98 Å². The van der Waals surface area contributed by atoms with Crippen LogP contribution in [0.25, 0.3) is 0 Å². The maximum atomic E-state index is 12.8. The number of nitrogens with one attached hydrogen (secondary N) is 3. The second-order valence-corrected chi connectivity index (χ2v) is 8.21. The van der Waals surface area contributed by atoms with Crippen LogP contribution in [0.2, 0.25) is 0 Å². The minimum Gasteiger partial charge on any atom is -0.327 e. The Hall–Kier alpha value is -3.60. The van der Waals surface area contributed by atoms with E-state index < -0.39 is 38.9 Å². The quantitative estimate of drug-likeness (QED) is 0.549. The molecule has 0 radical (unpaired) electrons. The van der Waals surface area contributed by atoms with Gasteiger partial charge in [-0.05, 0) is 48.9 Å². The Balaban J connectivity index is 1.79. The Morgan fingerprint density at radius 1 is 1.00 bits per heavy atom. The van der Waals surface area contributed by atoms with Crippen molar-refractivity contribution >= 4 is 27.3 Å². The highest BCUT2D eigenvalue weighted by molar-refractivity contribution is 7.92. The number of hydrogen-bond donors (Lipinski definition) is 3. The number of aromatic nitrogens is 1. The van der Waals surface area contributed by atoms with Crippen LogP contribution < -0.4 is 15.6 Å². The summed E-state index contributed by atoms with van der Waals surface area (Å²) in [6.45, 7) is 1.74. The fourth-order valence-electron chi connectivity index (χ4n) is 2.61. The monoisotopic (exact) mass is 451 g/mol. The Labute approximate surface area is 175 Å². The Morgan fingerprint density at radius 3 is 2.26 bits per heavy atom. The molecule has 0 atom stereocenters. The molecule has 3 rings (SSSR count). The number of anilines is 2. The lowest BCUT2D eigenvalue weighted by Gasteiger charge is -2.11. The van der Waals surface area contributed by atoms with Crippen LogP contribution in [0.4, 0.5) is 24.5 Å². The van der Waals surface area contributed by atoms with Crippen LogP contribution in [0.5, 0.6) is 0 Å². The van der Waals surface area contributed by atoms with Gasteiger partial charge < -0.3 is 10.3 Å². The molecule has 0 aliphatic heterocycles. The van der Waals surface area contributed by atoms with E-state index >= 15 is 0 Å². The average molecular weight is 451 g/mol. The van der Waals surface area contributed by atoms with Gasteiger partial charge in [-0.1, -0.05) is 18.2 Å². The van der Waals surface area contributed by atoms with Gasteiger partial charge in [0.1, 0.15) is 5.69 Å². The standard InChI is InChI=1S/C20H16F3N3O4S/c1-12-4-2-3-5-16(12)26-31(29,30)15-8-6-13(7-9-15)18(27)25-17-10-14(20(21,22)23)11-24-19(17)28/h2-11,26H,1H3,(H,24,28)(H,25,27). The van der Waals surface area contributed by atoms with Crippen LogP contribution in [-0.4, -0.2) is 19.3 Å². The van der Waals surface area contributed by atoms with Gasteiger partial charge in [0, 0.05) is 11.8 Å². The van der Waals surface area contributed by atoms with E-state index in [1.165, 1.54) is 24.3 Å². The highest BCUT2D eigenvalue weighted by atomic mass is 32.2. The van der Waals surface area contributed by atoms with Crippen molar-refractivity contribution in [3.8, 4) is 0 Å². The highest BCUT2D eigenvalue weighted by Crippen LogP contribution is 2.29. The molecule has 1 heterocycles. The predicted octanol–water partition coefficient (Wildman–Crippen LogP) is 3.76. The van der Waals surface area contributed by atoms with Crippen LogP contribution in [0, 0.1) is 6.92 Å². The van der Waals surface area contributed by atoms with E-state index in [9.17, 15) is 31.2 Å². The number of pyridine rings is 1. The lowest BCUT2D eigenvalue weighted by Crippen LogP contribution is -2.21. The van der Waals surface area contributed by atoms with Crippen molar-refractivity contribution in [2.75, 3.05) is 10.0 Å². The third kappa shape index (κ3) is 5.12. The zero-order valence-electron chi connectivity index (χ0n) is 15.9. The normalized spacial score (nSPS) is 11.7. The summed E-state index contributed by atoms with van der Waals surface area (Å²) >= 11 is 0. The molecule has 162 valence electrons. The van der Waals surface area contributed by atoms with Gasteiger partial charge in [-0.2, -0.15) is 13.2 Å². The number of aryl methyl sites for hydroxylation is 1. The van der Waals surface area contributed by atoms with Crippen LogP contribution in [0.3, 0.4) is 0 Å². The van der Waals surface area contributed by atoms with Gasteiger partial charge in [0.25, 0.3) is 21.5 Å². The van der Waals surface area contributed by atoms with Gasteiger partial charge in [0.05, 0.1) is 16.1 Å². The number of amides is 1. The molecule has 2 aromatic carbocycles. The van der Waals surface area contributed by atoms with Crippen LogP contribution in [0.1, 0.15) is 21.5 Å². The molecule has 11 heteroatoms. The van der Waals surface area contributed by atoms with Gasteiger partial charge in [-0.25, -0.2) is 8.42 Å². The maximum Gasteiger partial charge on any atom is 0.417 e. The van der Waals surface area contributed by atoms with E-state index in [0.29, 0.717) is 23.5 Å². The molecule has 1 amide bonds. The molecule has 0 aliphatic rings. The maximum absolute atomic E-state index is 12.8. The molecular formula is C20H16F3N3O4S. The number of benzene rings is 2. The fourth-order valence-corrected chi connectivity index (χ4v) is 3.74. The van der Waals surface area contributed by atoms with Crippen LogP contribution in [0.15, 0.2) is 70.5 Å². The van der Waals surface area contributed by atoms with Gasteiger partial charge in [0.15, 0.2) is 0 Å². The molecule has 3 aromatic rings. The number of sulfonamides is 1. The summed E-state index contributed by atoms with van der Waals surface area (Å²) in [6, 6.07) is 12.0. The summed E-state index contributed by atoms with van der Waals surface area (Å²) in [5, 5.41) is 2.10. The van der Waals surface area contributed by atoms with Crippen molar-refractivity contribution in [2.45, 2.75) is 18.0 Å². The number of aromatic amines is 1. The third-order valence-corrected chi connectivity index (χ3v) is 5.68. The van der Waals surface area contributed by atoms with E-state index in [0.717, 1.165) is 0 Å². The molecule has 0 aliphatic carbocycles. The van der Waals surface area contributed by atoms with Crippen molar-refractivity contribution < 1.29 is 26.4 Å². The van der Waals surface area contributed by atoms with Gasteiger partial charge in [0.2, 0.25) is 0 Å². The number of halogens is 3. The summed E-state index contributed by atoms with van der Waals surface area (Å²) in [4.78, 5) is 25.8. The Kier molecular flexibility index (Phi) is 5.89. The van der Waals surface area contributed by atoms with Crippen molar-refractivity contribution in [3.63, 3.8) is 0 Å². The summed E-state index contributed by atoms with van der Waals surface area (Å²) in [6.07, 6.45) is -4.21. The summed E-state index contributed by atoms with van der Waals surface area (Å²) in [7, 11) is -3.93. The molecule has 0 unspecified atom stereocenters. The molecule has 0 bridgehead atoms.